The van der Waals surface area contributed by atoms with E-state index >= 15 is 0 Å². The molecule has 0 saturated heterocycles. The van der Waals surface area contributed by atoms with Gasteiger partial charge in [-0.25, -0.2) is 9.59 Å². The van der Waals surface area contributed by atoms with Crippen LogP contribution in [-0.2, 0) is 0 Å². The van der Waals surface area contributed by atoms with Crippen molar-refractivity contribution in [3.05, 3.63) is 5.56 Å². The molecule has 0 aliphatic heterocycles. The minimum Gasteiger partial charge on any atom is -0.477 e. The summed E-state index contributed by atoms with van der Waals surface area (Å²) in [6.07, 6.45) is 4.13. The molecule has 1 atom stereocenters. The molecule has 0 radical (unpaired) electrons. The molecule has 5 N–H and O–H groups in total. The molecule has 0 aliphatic carbocycles. The zero-order valence-electron chi connectivity index (χ0n) is 14.2. The Kier molecular flexibility index (Phi) is 9.81. The molecule has 1 unspecified atom stereocenters. The Balaban J connectivity index is 2.56. The molecular weight excluding hydrogens is 350 g/mol. The third kappa shape index (κ3) is 7.67. The zero-order valence-corrected chi connectivity index (χ0v) is 15.0. The van der Waals surface area contributed by atoms with Crippen LogP contribution in [0, 0.1) is 0 Å². The third-order valence-electron chi connectivity index (χ3n) is 3.30. The number of nitrogens with zero attached hydrogens (tertiary/aromatic N) is 1. The molecule has 0 bridgehead atoms. The molecule has 0 aliphatic rings. The largest absolute Gasteiger partial charge is 0.477 e. The third-order valence-corrected chi connectivity index (χ3v) is 4.04. The number of unbranched alkanes of at least 4 members (excludes halogenated alkanes) is 4. The van der Waals surface area contributed by atoms with Crippen molar-refractivity contribution in [2.75, 3.05) is 25.1 Å². The predicted molar refractivity (Wildman–Crippen MR) is 93.4 cm³/mol. The molecule has 0 aromatic carbocycles. The van der Waals surface area contributed by atoms with E-state index in [1.54, 1.807) is 0 Å². The van der Waals surface area contributed by atoms with Crippen molar-refractivity contribution in [1.29, 1.82) is 0 Å². The van der Waals surface area contributed by atoms with Crippen LogP contribution in [0.15, 0.2) is 0 Å². The van der Waals surface area contributed by atoms with E-state index in [0.29, 0.717) is 6.61 Å². The molecule has 10 heteroatoms. The summed E-state index contributed by atoms with van der Waals surface area (Å²) in [5.41, 5.74) is -0.198. The fraction of sp³-hybridized carbons (Fsp3) is 0.667. The summed E-state index contributed by atoms with van der Waals surface area (Å²) >= 11 is 0.805. The molecular formula is C15H25N3O6S. The first-order valence-electron chi connectivity index (χ1n) is 8.19. The predicted octanol–water partition coefficient (Wildman–Crippen LogP) is 1.67. The van der Waals surface area contributed by atoms with Crippen molar-refractivity contribution in [3.63, 3.8) is 0 Å². The van der Waals surface area contributed by atoms with Gasteiger partial charge < -0.3 is 25.4 Å². The number of hydrogen-bond acceptors (Lipinski definition) is 7. The van der Waals surface area contributed by atoms with Crippen LogP contribution in [0.3, 0.4) is 0 Å². The van der Waals surface area contributed by atoms with E-state index in [9.17, 15) is 19.8 Å². The highest BCUT2D eigenvalue weighted by molar-refractivity contribution is 7.11. The fourth-order valence-electron chi connectivity index (χ4n) is 1.94. The molecule has 0 spiro atoms. The lowest BCUT2D eigenvalue weighted by Gasteiger charge is -2.09. The SMILES string of the molecule is CCCCCCCOc1nsc(NC(=O)NCC(O)CO)c1C(=O)O. The molecule has 1 heterocycles. The number of aliphatic hydroxyl groups excluding tert-OH is 2. The normalized spacial score (nSPS) is 11.8. The molecule has 0 saturated carbocycles. The van der Waals surface area contributed by atoms with E-state index in [4.69, 9.17) is 9.84 Å². The summed E-state index contributed by atoms with van der Waals surface area (Å²) < 4.78 is 9.37. The second kappa shape index (κ2) is 11.6. The summed E-state index contributed by atoms with van der Waals surface area (Å²) in [5.74, 6) is -1.26. The number of amides is 2. The first kappa shape index (κ1) is 21.1. The standard InChI is InChI=1S/C15H25N3O6S/c1-2-3-4-5-6-7-24-12-11(14(21)22)13(25-18-12)17-15(23)16-8-10(20)9-19/h10,19-20H,2-9H2,1H3,(H,21,22)(H2,16,17,23). The van der Waals surface area contributed by atoms with E-state index in [1.165, 1.54) is 0 Å². The lowest BCUT2D eigenvalue weighted by molar-refractivity contribution is 0.0693. The number of urea groups is 1. The molecule has 0 fully saturated rings. The monoisotopic (exact) mass is 375 g/mol. The Bertz CT molecular complexity index is 551. The van der Waals surface area contributed by atoms with Gasteiger partial charge in [-0.1, -0.05) is 32.6 Å². The number of rotatable bonds is 12. The van der Waals surface area contributed by atoms with Crippen LogP contribution in [0.25, 0.3) is 0 Å². The average molecular weight is 375 g/mol. The van der Waals surface area contributed by atoms with Crippen LogP contribution >= 0.6 is 11.5 Å². The van der Waals surface area contributed by atoms with Crippen LogP contribution in [0.1, 0.15) is 49.4 Å². The van der Waals surface area contributed by atoms with Crippen molar-refractivity contribution in [2.24, 2.45) is 0 Å². The number of aromatic carboxylic acids is 1. The van der Waals surface area contributed by atoms with Gasteiger partial charge in [0.2, 0.25) is 5.88 Å². The number of hydrogen-bond donors (Lipinski definition) is 5. The summed E-state index contributed by atoms with van der Waals surface area (Å²) in [6, 6.07) is -0.704. The highest BCUT2D eigenvalue weighted by Gasteiger charge is 2.23. The summed E-state index contributed by atoms with van der Waals surface area (Å²) in [6.45, 7) is 1.84. The number of aliphatic hydroxyl groups is 2. The number of anilines is 1. The van der Waals surface area contributed by atoms with Crippen LogP contribution in [0.2, 0.25) is 0 Å². The van der Waals surface area contributed by atoms with Crippen molar-refractivity contribution in [1.82, 2.24) is 9.69 Å². The van der Waals surface area contributed by atoms with Gasteiger partial charge in [0.25, 0.3) is 0 Å². The molecule has 142 valence electrons. The van der Waals surface area contributed by atoms with Gasteiger partial charge in [-0.3, -0.25) is 5.32 Å². The molecule has 9 nitrogen and oxygen atoms in total. The minimum atomic E-state index is -1.25. The summed E-state index contributed by atoms with van der Waals surface area (Å²) in [5, 5.41) is 31.9. The number of aromatic nitrogens is 1. The minimum absolute atomic E-state index is 0.0151. The molecule has 25 heavy (non-hydrogen) atoms. The molecule has 2 amide bonds. The topological polar surface area (TPSA) is 141 Å². The van der Waals surface area contributed by atoms with Gasteiger partial charge in [-0.2, -0.15) is 4.37 Å². The van der Waals surface area contributed by atoms with Crippen LogP contribution in [0.5, 0.6) is 5.88 Å². The second-order valence-electron chi connectivity index (χ2n) is 5.43. The van der Waals surface area contributed by atoms with Gasteiger partial charge in [0, 0.05) is 6.54 Å². The number of nitrogens with one attached hydrogen (secondary N) is 2. The number of carboxylic acid groups (broad SMARTS) is 1. The Morgan fingerprint density at radius 3 is 2.64 bits per heavy atom. The smallest absolute Gasteiger partial charge is 0.344 e. The second-order valence-corrected chi connectivity index (χ2v) is 6.20. The quantitative estimate of drug-likeness (QED) is 0.350. The van der Waals surface area contributed by atoms with Gasteiger partial charge in [0.05, 0.1) is 19.3 Å². The number of carbonyl (C=O) groups is 2. The average Bonchev–Trinajstić information content (AvgIpc) is 2.98. The van der Waals surface area contributed by atoms with Gasteiger partial charge >= 0.3 is 12.0 Å². The Morgan fingerprint density at radius 2 is 2.00 bits per heavy atom. The maximum absolute atomic E-state index is 11.7. The summed E-state index contributed by atoms with van der Waals surface area (Å²) in [4.78, 5) is 23.1. The maximum Gasteiger partial charge on any atom is 0.344 e. The van der Waals surface area contributed by atoms with Crippen molar-refractivity contribution in [3.8, 4) is 5.88 Å². The molecule has 1 rings (SSSR count). The fourth-order valence-corrected chi connectivity index (χ4v) is 2.67. The molecule has 1 aromatic heterocycles. The Morgan fingerprint density at radius 1 is 1.28 bits per heavy atom. The van der Waals surface area contributed by atoms with Crippen LogP contribution < -0.4 is 15.4 Å². The van der Waals surface area contributed by atoms with Gasteiger partial charge in [0.1, 0.15) is 5.00 Å². The van der Waals surface area contributed by atoms with Crippen molar-refractivity contribution < 1.29 is 29.6 Å². The van der Waals surface area contributed by atoms with E-state index in [-0.39, 0.29) is 23.0 Å². The lowest BCUT2D eigenvalue weighted by Crippen LogP contribution is -2.36. The zero-order chi connectivity index (χ0) is 18.7. The maximum atomic E-state index is 11.7. The van der Waals surface area contributed by atoms with Gasteiger partial charge in [0.15, 0.2) is 5.56 Å². The summed E-state index contributed by atoms with van der Waals surface area (Å²) in [7, 11) is 0. The number of ether oxygens (including phenoxy) is 1. The first-order valence-corrected chi connectivity index (χ1v) is 8.96. The lowest BCUT2D eigenvalue weighted by atomic mass is 10.2. The highest BCUT2D eigenvalue weighted by Crippen LogP contribution is 2.30. The Hall–Kier alpha value is -1.91. The highest BCUT2D eigenvalue weighted by atomic mass is 32.1. The molecule has 1 aromatic rings. The van der Waals surface area contributed by atoms with Crippen molar-refractivity contribution in [2.45, 2.75) is 45.1 Å². The van der Waals surface area contributed by atoms with Crippen LogP contribution in [0.4, 0.5) is 9.80 Å². The first-order chi connectivity index (χ1) is 12.0. The van der Waals surface area contributed by atoms with E-state index in [2.05, 4.69) is 21.9 Å². The van der Waals surface area contributed by atoms with Gasteiger partial charge in [-0.05, 0) is 18.0 Å². The van der Waals surface area contributed by atoms with E-state index in [0.717, 1.165) is 43.6 Å². The van der Waals surface area contributed by atoms with E-state index in [1.807, 2.05) is 0 Å². The van der Waals surface area contributed by atoms with E-state index < -0.39 is 24.7 Å². The Labute approximate surface area is 150 Å². The number of carbonyl (C=O) groups excluding carboxylic acids is 1. The van der Waals surface area contributed by atoms with Gasteiger partial charge in [-0.15, -0.1) is 0 Å². The van der Waals surface area contributed by atoms with Crippen molar-refractivity contribution >= 4 is 28.5 Å². The van der Waals surface area contributed by atoms with Crippen LogP contribution in [-0.4, -0.2) is 57.6 Å². The number of carboxylic acids is 1.